The lowest BCUT2D eigenvalue weighted by atomic mass is 9.94. The zero-order chi connectivity index (χ0) is 18.8. The lowest BCUT2D eigenvalue weighted by Crippen LogP contribution is -2.65. The van der Waals surface area contributed by atoms with Gasteiger partial charge < -0.3 is 8.84 Å². The van der Waals surface area contributed by atoms with Gasteiger partial charge in [-0.05, 0) is 36.7 Å². The summed E-state index contributed by atoms with van der Waals surface area (Å²) in [5.74, 6) is 0.259. The van der Waals surface area contributed by atoms with Crippen LogP contribution in [0.1, 0.15) is 65.2 Å². The number of carbonyl (C=O) groups is 2. The third-order valence-electron chi connectivity index (χ3n) is 5.37. The molecule has 1 fully saturated rings. The Kier molecular flexibility index (Phi) is 5.94. The van der Waals surface area contributed by atoms with Gasteiger partial charge in [-0.3, -0.25) is 14.5 Å². The third kappa shape index (κ3) is 4.06. The molecule has 0 spiro atoms. The standard InChI is InChI=1S/C19H31NO4Si/c1-7-8-9-12-15(21)20-16(14-11-10-13-23-14)17(18(20)22)24-25(5,6)19(2,3)4/h10-11,13,16-17H,7-9,12H2,1-6H3/t16-,17+/m0/s1. The summed E-state index contributed by atoms with van der Waals surface area (Å²) >= 11 is 0. The summed E-state index contributed by atoms with van der Waals surface area (Å²) in [6, 6.07) is 3.15. The molecule has 0 unspecified atom stereocenters. The van der Waals surface area contributed by atoms with E-state index in [1.54, 1.807) is 12.3 Å². The molecule has 0 aromatic carbocycles. The summed E-state index contributed by atoms with van der Waals surface area (Å²) < 4.78 is 11.8. The molecule has 6 heteroatoms. The summed E-state index contributed by atoms with van der Waals surface area (Å²) in [7, 11) is -2.13. The highest BCUT2D eigenvalue weighted by atomic mass is 28.4. The van der Waals surface area contributed by atoms with Gasteiger partial charge >= 0.3 is 0 Å². The van der Waals surface area contributed by atoms with Crippen LogP contribution in [0, 0.1) is 0 Å². The first-order valence-corrected chi connectivity index (χ1v) is 12.1. The van der Waals surface area contributed by atoms with Crippen LogP contribution < -0.4 is 0 Å². The monoisotopic (exact) mass is 365 g/mol. The van der Waals surface area contributed by atoms with Gasteiger partial charge in [-0.2, -0.15) is 0 Å². The number of nitrogens with zero attached hydrogens (tertiary/aromatic N) is 1. The fraction of sp³-hybridized carbons (Fsp3) is 0.684. The van der Waals surface area contributed by atoms with E-state index in [-0.39, 0.29) is 16.9 Å². The molecule has 1 aliphatic heterocycles. The van der Waals surface area contributed by atoms with E-state index in [2.05, 4.69) is 40.8 Å². The van der Waals surface area contributed by atoms with E-state index < -0.39 is 20.5 Å². The molecule has 0 bridgehead atoms. The second-order valence-electron chi connectivity index (χ2n) is 8.32. The largest absolute Gasteiger partial charge is 0.467 e. The number of amides is 2. The van der Waals surface area contributed by atoms with Gasteiger partial charge in [0.15, 0.2) is 14.4 Å². The van der Waals surface area contributed by atoms with Gasteiger partial charge in [0.2, 0.25) is 5.91 Å². The average Bonchev–Trinajstić information content (AvgIpc) is 3.02. The molecule has 2 rings (SSSR count). The van der Waals surface area contributed by atoms with Crippen LogP contribution in [0.25, 0.3) is 0 Å². The van der Waals surface area contributed by atoms with Gasteiger partial charge in [-0.15, -0.1) is 0 Å². The van der Waals surface area contributed by atoms with E-state index >= 15 is 0 Å². The molecule has 1 aliphatic rings. The smallest absolute Gasteiger partial charge is 0.260 e. The first-order chi connectivity index (χ1) is 11.6. The average molecular weight is 366 g/mol. The number of unbranched alkanes of at least 4 members (excludes halogenated alkanes) is 2. The number of hydrogen-bond donors (Lipinski definition) is 0. The molecule has 1 saturated heterocycles. The van der Waals surface area contributed by atoms with Crippen LogP contribution in [0.3, 0.4) is 0 Å². The maximum absolute atomic E-state index is 12.7. The number of hydrogen-bond acceptors (Lipinski definition) is 4. The fourth-order valence-corrected chi connectivity index (χ4v) is 3.95. The predicted molar refractivity (Wildman–Crippen MR) is 99.5 cm³/mol. The number of imide groups is 1. The quantitative estimate of drug-likeness (QED) is 0.400. The zero-order valence-electron chi connectivity index (χ0n) is 16.3. The van der Waals surface area contributed by atoms with Gasteiger partial charge in [0, 0.05) is 6.42 Å². The van der Waals surface area contributed by atoms with E-state index in [0.717, 1.165) is 19.3 Å². The normalized spacial score (nSPS) is 21.4. The minimum absolute atomic E-state index is 0.00739. The Morgan fingerprint density at radius 3 is 2.52 bits per heavy atom. The number of β-lactam (4-membered cyclic amide) rings is 1. The van der Waals surface area contributed by atoms with Crippen LogP contribution in [-0.4, -0.2) is 31.1 Å². The molecule has 0 aliphatic carbocycles. The molecule has 0 N–H and O–H groups in total. The van der Waals surface area contributed by atoms with Crippen LogP contribution >= 0.6 is 0 Å². The molecule has 25 heavy (non-hydrogen) atoms. The van der Waals surface area contributed by atoms with Gasteiger partial charge in [0.05, 0.1) is 6.26 Å². The highest BCUT2D eigenvalue weighted by Crippen LogP contribution is 2.44. The van der Waals surface area contributed by atoms with Gasteiger partial charge in [0.25, 0.3) is 5.91 Å². The Bertz CT molecular complexity index is 603. The highest BCUT2D eigenvalue weighted by Gasteiger charge is 2.56. The topological polar surface area (TPSA) is 59.8 Å². The van der Waals surface area contributed by atoms with Crippen molar-refractivity contribution in [3.05, 3.63) is 24.2 Å². The third-order valence-corrected chi connectivity index (χ3v) is 9.83. The van der Waals surface area contributed by atoms with E-state index in [1.165, 1.54) is 4.90 Å². The van der Waals surface area contributed by atoms with E-state index in [9.17, 15) is 9.59 Å². The number of carbonyl (C=O) groups excluding carboxylic acids is 2. The summed E-state index contributed by atoms with van der Waals surface area (Å²) in [5, 5.41) is -0.00739. The van der Waals surface area contributed by atoms with E-state index in [4.69, 9.17) is 8.84 Å². The van der Waals surface area contributed by atoms with Crippen molar-refractivity contribution in [3.8, 4) is 0 Å². The number of rotatable bonds is 7. The van der Waals surface area contributed by atoms with Crippen molar-refractivity contribution in [1.82, 2.24) is 4.90 Å². The van der Waals surface area contributed by atoms with Crippen molar-refractivity contribution >= 4 is 20.1 Å². The molecule has 1 aromatic rings. The summed E-state index contributed by atoms with van der Waals surface area (Å²) in [5.41, 5.74) is 0. The Balaban J connectivity index is 2.18. The Morgan fingerprint density at radius 1 is 1.32 bits per heavy atom. The maximum atomic E-state index is 12.7. The summed E-state index contributed by atoms with van der Waals surface area (Å²) in [6.07, 6.45) is 4.17. The Hall–Kier alpha value is -1.40. The molecule has 1 aromatic heterocycles. The molecule has 0 radical (unpaired) electrons. The molecule has 0 saturated carbocycles. The molecular weight excluding hydrogens is 334 g/mol. The minimum atomic E-state index is -2.13. The summed E-state index contributed by atoms with van der Waals surface area (Å²) in [4.78, 5) is 26.6. The lowest BCUT2D eigenvalue weighted by molar-refractivity contribution is -0.175. The minimum Gasteiger partial charge on any atom is -0.467 e. The van der Waals surface area contributed by atoms with Crippen molar-refractivity contribution in [1.29, 1.82) is 0 Å². The molecule has 140 valence electrons. The SMILES string of the molecule is CCCCCC(=O)N1C(=O)[C@H](O[Si](C)(C)C(C)(C)C)[C@@H]1c1ccco1. The van der Waals surface area contributed by atoms with Crippen LogP contribution in [0.15, 0.2) is 22.8 Å². The van der Waals surface area contributed by atoms with Gasteiger partial charge in [0.1, 0.15) is 11.8 Å². The molecule has 2 atom stereocenters. The van der Waals surface area contributed by atoms with Crippen molar-refractivity contribution in [2.24, 2.45) is 0 Å². The lowest BCUT2D eigenvalue weighted by Gasteiger charge is -2.49. The second-order valence-corrected chi connectivity index (χ2v) is 13.1. The van der Waals surface area contributed by atoms with Crippen LogP contribution in [0.5, 0.6) is 0 Å². The van der Waals surface area contributed by atoms with Gasteiger partial charge in [-0.25, -0.2) is 0 Å². The Morgan fingerprint density at radius 2 is 2.00 bits per heavy atom. The van der Waals surface area contributed by atoms with Crippen molar-refractivity contribution < 1.29 is 18.4 Å². The summed E-state index contributed by atoms with van der Waals surface area (Å²) in [6.45, 7) is 12.7. The molecule has 2 amide bonds. The predicted octanol–water partition coefficient (Wildman–Crippen LogP) is 4.66. The van der Waals surface area contributed by atoms with Crippen LogP contribution in [0.2, 0.25) is 18.1 Å². The van der Waals surface area contributed by atoms with Crippen molar-refractivity contribution in [3.63, 3.8) is 0 Å². The number of likely N-dealkylation sites (tertiary alicyclic amines) is 1. The van der Waals surface area contributed by atoms with Crippen molar-refractivity contribution in [2.45, 2.75) is 83.7 Å². The van der Waals surface area contributed by atoms with E-state index in [0.29, 0.717) is 12.2 Å². The molecule has 2 heterocycles. The first kappa shape index (κ1) is 19.9. The molecule has 5 nitrogen and oxygen atoms in total. The number of furan rings is 1. The van der Waals surface area contributed by atoms with E-state index in [1.807, 2.05) is 6.07 Å². The van der Waals surface area contributed by atoms with Crippen LogP contribution in [0.4, 0.5) is 0 Å². The molecular formula is C19H31NO4Si. The zero-order valence-corrected chi connectivity index (χ0v) is 17.3. The first-order valence-electron chi connectivity index (χ1n) is 9.17. The maximum Gasteiger partial charge on any atom is 0.260 e. The second kappa shape index (κ2) is 7.46. The Labute approximate surface area is 151 Å². The van der Waals surface area contributed by atoms with Crippen LogP contribution in [-0.2, 0) is 14.0 Å². The van der Waals surface area contributed by atoms with Crippen molar-refractivity contribution in [2.75, 3.05) is 0 Å². The fourth-order valence-electron chi connectivity index (χ4n) is 2.73. The highest BCUT2D eigenvalue weighted by molar-refractivity contribution is 6.74. The van der Waals surface area contributed by atoms with Gasteiger partial charge in [-0.1, -0.05) is 40.5 Å².